The molecule has 0 spiro atoms. The van der Waals surface area contributed by atoms with E-state index in [-0.39, 0.29) is 29.1 Å². The number of alkyl carbamates (subject to hydrolysis) is 1. The summed E-state index contributed by atoms with van der Waals surface area (Å²) in [5, 5.41) is 2.81. The highest BCUT2D eigenvalue weighted by molar-refractivity contribution is 5.67. The number of ether oxygens (including phenoxy) is 3. The first-order chi connectivity index (χ1) is 12.9. The lowest BCUT2D eigenvalue weighted by Crippen LogP contribution is -2.66. The molecule has 2 bridgehead atoms. The Kier molecular flexibility index (Phi) is 4.61. The second-order valence-electron chi connectivity index (χ2n) is 8.84. The minimum atomic E-state index is -0.327. The van der Waals surface area contributed by atoms with Gasteiger partial charge in [-0.05, 0) is 37.7 Å². The van der Waals surface area contributed by atoms with Crippen LogP contribution in [0, 0.1) is 23.2 Å². The monoisotopic (exact) mass is 373 g/mol. The Bertz CT molecular complexity index is 722. The van der Waals surface area contributed by atoms with Crippen molar-refractivity contribution in [3.63, 3.8) is 0 Å². The fourth-order valence-corrected chi connectivity index (χ4v) is 5.73. The summed E-state index contributed by atoms with van der Waals surface area (Å²) in [4.78, 5) is 12.0. The Morgan fingerprint density at radius 3 is 2.89 bits per heavy atom. The van der Waals surface area contributed by atoms with Crippen molar-refractivity contribution in [2.75, 3.05) is 19.8 Å². The molecule has 0 aromatic heterocycles. The van der Waals surface area contributed by atoms with Crippen molar-refractivity contribution in [1.82, 2.24) is 5.32 Å². The zero-order chi connectivity index (χ0) is 19.2. The molecule has 0 radical (unpaired) electrons. The van der Waals surface area contributed by atoms with Crippen molar-refractivity contribution in [2.45, 2.75) is 52.2 Å². The molecule has 1 N–H and O–H groups in total. The molecule has 148 valence electrons. The Morgan fingerprint density at radius 2 is 2.11 bits per heavy atom. The van der Waals surface area contributed by atoms with Crippen molar-refractivity contribution in [2.24, 2.45) is 23.2 Å². The van der Waals surface area contributed by atoms with Crippen LogP contribution in [0.3, 0.4) is 0 Å². The number of carbonyl (C=O) groups is 1. The fourth-order valence-electron chi connectivity index (χ4n) is 5.73. The smallest absolute Gasteiger partial charge is 0.407 e. The largest absolute Gasteiger partial charge is 0.487 e. The van der Waals surface area contributed by atoms with E-state index < -0.39 is 0 Å². The number of benzene rings is 1. The maximum Gasteiger partial charge on any atom is 0.407 e. The van der Waals surface area contributed by atoms with Gasteiger partial charge in [-0.15, -0.1) is 0 Å². The lowest BCUT2D eigenvalue weighted by atomic mass is 9.50. The van der Waals surface area contributed by atoms with E-state index in [0.717, 1.165) is 24.2 Å². The third kappa shape index (κ3) is 2.82. The third-order valence-electron chi connectivity index (χ3n) is 7.26. The first-order valence-electron chi connectivity index (χ1n) is 10.2. The van der Waals surface area contributed by atoms with Crippen molar-refractivity contribution < 1.29 is 19.0 Å². The van der Waals surface area contributed by atoms with E-state index >= 15 is 0 Å². The first-order valence-corrected chi connectivity index (χ1v) is 10.2. The Labute approximate surface area is 161 Å². The standard InChI is InChI=1S/C22H31NO4/c1-5-10-23-20(24)26-13-22-12-25-19-16-8-6-7-9-17(16)27-21(4,11-14(22)2)18(19)15(22)3/h6-9,14-15,18-19H,5,10-13H2,1-4H3,(H,23,24)/t14-,15-,18-,19+,21+,22-/m0/s1. The molecule has 1 saturated carbocycles. The van der Waals surface area contributed by atoms with Crippen LogP contribution in [-0.4, -0.2) is 31.5 Å². The molecule has 3 aliphatic rings. The van der Waals surface area contributed by atoms with Crippen LogP contribution in [0.25, 0.3) is 0 Å². The zero-order valence-electron chi connectivity index (χ0n) is 16.8. The van der Waals surface area contributed by atoms with Crippen molar-refractivity contribution in [3.05, 3.63) is 29.8 Å². The van der Waals surface area contributed by atoms with Gasteiger partial charge in [0.15, 0.2) is 0 Å². The van der Waals surface area contributed by atoms with Gasteiger partial charge >= 0.3 is 6.09 Å². The Hall–Kier alpha value is -1.75. The number of hydrogen-bond donors (Lipinski definition) is 1. The number of amides is 1. The van der Waals surface area contributed by atoms with Crippen LogP contribution >= 0.6 is 0 Å². The number of nitrogens with one attached hydrogen (secondary N) is 1. The van der Waals surface area contributed by atoms with Crippen LogP contribution in [0.4, 0.5) is 4.79 Å². The molecule has 0 unspecified atom stereocenters. The van der Waals surface area contributed by atoms with Crippen LogP contribution in [0.2, 0.25) is 0 Å². The third-order valence-corrected chi connectivity index (χ3v) is 7.26. The van der Waals surface area contributed by atoms with Crippen LogP contribution in [0.5, 0.6) is 5.75 Å². The van der Waals surface area contributed by atoms with Gasteiger partial charge in [0.05, 0.1) is 12.7 Å². The summed E-state index contributed by atoms with van der Waals surface area (Å²) >= 11 is 0. The molecule has 1 saturated heterocycles. The molecule has 1 aromatic carbocycles. The van der Waals surface area contributed by atoms with Gasteiger partial charge in [-0.1, -0.05) is 39.0 Å². The minimum Gasteiger partial charge on any atom is -0.487 e. The van der Waals surface area contributed by atoms with E-state index in [1.54, 1.807) is 0 Å². The normalized spacial score (nSPS) is 39.1. The van der Waals surface area contributed by atoms with Gasteiger partial charge in [-0.3, -0.25) is 0 Å². The van der Waals surface area contributed by atoms with Gasteiger partial charge in [0.25, 0.3) is 0 Å². The SMILES string of the molecule is CCCNC(=O)OC[C@@]12CO[C@@H]3c4ccccc4O[C@](C)(C[C@@H]1C)[C@H]3[C@@H]2C. The predicted molar refractivity (Wildman–Crippen MR) is 103 cm³/mol. The summed E-state index contributed by atoms with van der Waals surface area (Å²) in [6, 6.07) is 8.24. The molecular weight excluding hydrogens is 342 g/mol. The molecule has 2 aliphatic heterocycles. The van der Waals surface area contributed by atoms with E-state index in [1.807, 2.05) is 25.1 Å². The highest BCUT2D eigenvalue weighted by Gasteiger charge is 2.64. The molecule has 6 atom stereocenters. The van der Waals surface area contributed by atoms with Gasteiger partial charge < -0.3 is 19.5 Å². The Balaban J connectivity index is 1.61. The number of rotatable bonds is 4. The van der Waals surface area contributed by atoms with Crippen molar-refractivity contribution in [1.29, 1.82) is 0 Å². The highest BCUT2D eigenvalue weighted by atomic mass is 16.6. The van der Waals surface area contributed by atoms with Crippen LogP contribution in [0.15, 0.2) is 24.3 Å². The molecule has 1 aromatic rings. The summed E-state index contributed by atoms with van der Waals surface area (Å²) in [6.07, 6.45) is 1.56. The molecular formula is C22H31NO4. The molecule has 1 aliphatic carbocycles. The van der Waals surface area contributed by atoms with Gasteiger partial charge in [-0.25, -0.2) is 4.79 Å². The maximum atomic E-state index is 12.0. The maximum absolute atomic E-state index is 12.0. The first kappa shape index (κ1) is 18.6. The predicted octanol–water partition coefficient (Wildman–Crippen LogP) is 4.32. The Morgan fingerprint density at radius 1 is 1.33 bits per heavy atom. The van der Waals surface area contributed by atoms with Crippen molar-refractivity contribution >= 4 is 6.09 Å². The van der Waals surface area contributed by atoms with Crippen LogP contribution < -0.4 is 10.1 Å². The summed E-state index contributed by atoms with van der Waals surface area (Å²) < 4.78 is 18.7. The quantitative estimate of drug-likeness (QED) is 0.854. The summed E-state index contributed by atoms with van der Waals surface area (Å²) in [6.45, 7) is 10.4. The summed E-state index contributed by atoms with van der Waals surface area (Å²) in [5.41, 5.74) is 0.725. The van der Waals surface area contributed by atoms with E-state index in [1.165, 1.54) is 0 Å². The summed E-state index contributed by atoms with van der Waals surface area (Å²) in [7, 11) is 0. The molecule has 2 fully saturated rings. The number of fused-ring (bicyclic) bond motifs is 3. The number of hydrogen-bond acceptors (Lipinski definition) is 4. The van der Waals surface area contributed by atoms with E-state index in [9.17, 15) is 4.79 Å². The van der Waals surface area contributed by atoms with Gasteiger partial charge in [-0.2, -0.15) is 0 Å². The van der Waals surface area contributed by atoms with E-state index in [4.69, 9.17) is 14.2 Å². The molecule has 27 heavy (non-hydrogen) atoms. The zero-order valence-corrected chi connectivity index (χ0v) is 16.8. The van der Waals surface area contributed by atoms with E-state index in [0.29, 0.717) is 31.6 Å². The molecule has 1 amide bonds. The fraction of sp³-hybridized carbons (Fsp3) is 0.682. The van der Waals surface area contributed by atoms with Crippen molar-refractivity contribution in [3.8, 4) is 5.75 Å². The van der Waals surface area contributed by atoms with Gasteiger partial charge in [0, 0.05) is 23.4 Å². The van der Waals surface area contributed by atoms with Crippen LogP contribution in [0.1, 0.15) is 52.2 Å². The second kappa shape index (κ2) is 6.69. The molecule has 4 rings (SSSR count). The highest BCUT2D eigenvalue weighted by Crippen LogP contribution is 2.63. The van der Waals surface area contributed by atoms with Gasteiger partial charge in [0.2, 0.25) is 0 Å². The average molecular weight is 373 g/mol. The molecule has 5 heteroatoms. The number of para-hydroxylation sites is 1. The second-order valence-corrected chi connectivity index (χ2v) is 8.84. The van der Waals surface area contributed by atoms with Gasteiger partial charge in [0.1, 0.15) is 18.0 Å². The van der Waals surface area contributed by atoms with Crippen LogP contribution in [-0.2, 0) is 9.47 Å². The lowest BCUT2D eigenvalue weighted by Gasteiger charge is -2.63. The topological polar surface area (TPSA) is 56.8 Å². The summed E-state index contributed by atoms with van der Waals surface area (Å²) in [5.74, 6) is 1.86. The number of carbonyl (C=O) groups excluding carboxylic acids is 1. The molecule has 5 nitrogen and oxygen atoms in total. The van der Waals surface area contributed by atoms with E-state index in [2.05, 4.69) is 32.2 Å². The lowest BCUT2D eigenvalue weighted by molar-refractivity contribution is -0.259. The average Bonchev–Trinajstić information content (AvgIpc) is 2.64. The molecule has 2 heterocycles. The minimum absolute atomic E-state index is 0.0458.